The Kier molecular flexibility index (Phi) is 3.06. The van der Waals surface area contributed by atoms with Crippen LogP contribution in [0.2, 0.25) is 0 Å². The molecule has 0 bridgehead atoms. The number of ether oxygens (including phenoxy) is 1. The van der Waals surface area contributed by atoms with E-state index in [0.717, 1.165) is 22.4 Å². The highest BCUT2D eigenvalue weighted by atomic mass is 16.5. The first-order valence-electron chi connectivity index (χ1n) is 6.06. The van der Waals surface area contributed by atoms with Crippen molar-refractivity contribution >= 4 is 16.7 Å². The number of pyridine rings is 1. The lowest BCUT2D eigenvalue weighted by Gasteiger charge is -2.04. The van der Waals surface area contributed by atoms with Crippen LogP contribution in [0.25, 0.3) is 11.0 Å². The van der Waals surface area contributed by atoms with Crippen molar-refractivity contribution in [3.05, 3.63) is 54.4 Å². The van der Waals surface area contributed by atoms with E-state index in [2.05, 4.69) is 10.3 Å². The third-order valence-electron chi connectivity index (χ3n) is 2.89. The van der Waals surface area contributed by atoms with Gasteiger partial charge in [-0.05, 0) is 18.2 Å². The van der Waals surface area contributed by atoms with Gasteiger partial charge in [0.2, 0.25) is 5.88 Å². The predicted molar refractivity (Wildman–Crippen MR) is 74.3 cm³/mol. The quantitative estimate of drug-likeness (QED) is 0.774. The number of hydrogen-bond donors (Lipinski definition) is 1. The monoisotopic (exact) mass is 254 g/mol. The molecule has 0 aliphatic carbocycles. The number of fused-ring (bicyclic) bond motifs is 1. The average molecular weight is 254 g/mol. The number of furan rings is 1. The Morgan fingerprint density at radius 2 is 2.11 bits per heavy atom. The van der Waals surface area contributed by atoms with Crippen molar-refractivity contribution in [3.8, 4) is 5.88 Å². The molecular weight excluding hydrogens is 240 g/mol. The molecule has 0 fully saturated rings. The summed E-state index contributed by atoms with van der Waals surface area (Å²) in [5, 5.41) is 4.38. The number of rotatable bonds is 4. The second kappa shape index (κ2) is 5.02. The largest absolute Gasteiger partial charge is 0.481 e. The van der Waals surface area contributed by atoms with Crippen molar-refractivity contribution in [2.45, 2.75) is 6.54 Å². The van der Waals surface area contributed by atoms with E-state index in [4.69, 9.17) is 9.15 Å². The topological polar surface area (TPSA) is 47.3 Å². The molecule has 0 radical (unpaired) electrons. The van der Waals surface area contributed by atoms with Crippen LogP contribution in [-0.4, -0.2) is 12.1 Å². The highest BCUT2D eigenvalue weighted by Gasteiger charge is 2.03. The van der Waals surface area contributed by atoms with Crippen molar-refractivity contribution in [2.24, 2.45) is 0 Å². The van der Waals surface area contributed by atoms with Crippen LogP contribution in [0.15, 0.2) is 53.1 Å². The molecule has 0 amide bonds. The first kappa shape index (κ1) is 11.6. The molecular formula is C15H14N2O2. The van der Waals surface area contributed by atoms with Crippen LogP contribution in [-0.2, 0) is 6.54 Å². The molecule has 2 aromatic heterocycles. The molecule has 3 rings (SSSR count). The van der Waals surface area contributed by atoms with E-state index in [1.165, 1.54) is 0 Å². The molecule has 4 nitrogen and oxygen atoms in total. The number of benzene rings is 1. The summed E-state index contributed by atoms with van der Waals surface area (Å²) in [7, 11) is 1.60. The van der Waals surface area contributed by atoms with E-state index in [0.29, 0.717) is 12.4 Å². The maximum Gasteiger partial charge on any atom is 0.213 e. The summed E-state index contributed by atoms with van der Waals surface area (Å²) < 4.78 is 10.7. The van der Waals surface area contributed by atoms with Gasteiger partial charge in [-0.3, -0.25) is 0 Å². The fourth-order valence-electron chi connectivity index (χ4n) is 1.92. The maximum atomic E-state index is 5.73. The van der Waals surface area contributed by atoms with Gasteiger partial charge in [-0.1, -0.05) is 18.2 Å². The molecule has 4 heteroatoms. The van der Waals surface area contributed by atoms with Crippen molar-refractivity contribution in [2.75, 3.05) is 12.4 Å². The van der Waals surface area contributed by atoms with Crippen molar-refractivity contribution in [3.63, 3.8) is 0 Å². The van der Waals surface area contributed by atoms with Gasteiger partial charge >= 0.3 is 0 Å². The van der Waals surface area contributed by atoms with E-state index in [-0.39, 0.29) is 0 Å². The smallest absolute Gasteiger partial charge is 0.213 e. The number of hydrogen-bond acceptors (Lipinski definition) is 4. The Labute approximate surface area is 111 Å². The number of nitrogens with one attached hydrogen (secondary N) is 1. The molecule has 0 spiro atoms. The van der Waals surface area contributed by atoms with E-state index >= 15 is 0 Å². The molecule has 0 saturated carbocycles. The van der Waals surface area contributed by atoms with Crippen LogP contribution in [0.4, 0.5) is 5.69 Å². The Bertz CT molecular complexity index is 641. The Morgan fingerprint density at radius 3 is 2.84 bits per heavy atom. The molecule has 0 saturated heterocycles. The summed E-state index contributed by atoms with van der Waals surface area (Å²) in [5.74, 6) is 1.51. The van der Waals surface area contributed by atoms with Crippen molar-refractivity contribution in [1.82, 2.24) is 4.98 Å². The normalized spacial score (nSPS) is 10.6. The third-order valence-corrected chi connectivity index (χ3v) is 2.89. The van der Waals surface area contributed by atoms with Gasteiger partial charge in [-0.15, -0.1) is 0 Å². The van der Waals surface area contributed by atoms with Crippen molar-refractivity contribution in [1.29, 1.82) is 0 Å². The van der Waals surface area contributed by atoms with Gasteiger partial charge in [0.15, 0.2) is 0 Å². The number of aromatic nitrogens is 1. The SMILES string of the molecule is COc1ccc(NCc2cc3ccccc3o2)cn1. The molecule has 0 aliphatic rings. The van der Waals surface area contributed by atoms with E-state index in [1.807, 2.05) is 42.5 Å². The first-order valence-corrected chi connectivity index (χ1v) is 6.06. The molecule has 0 aliphatic heterocycles. The summed E-state index contributed by atoms with van der Waals surface area (Å²) in [5.41, 5.74) is 1.84. The molecule has 3 aromatic rings. The summed E-state index contributed by atoms with van der Waals surface area (Å²) in [6.45, 7) is 0.628. The van der Waals surface area contributed by atoms with Gasteiger partial charge < -0.3 is 14.5 Å². The van der Waals surface area contributed by atoms with Crippen LogP contribution in [0.3, 0.4) is 0 Å². The van der Waals surface area contributed by atoms with Crippen LogP contribution in [0.5, 0.6) is 5.88 Å². The van der Waals surface area contributed by atoms with Crippen LogP contribution < -0.4 is 10.1 Å². The van der Waals surface area contributed by atoms with Crippen LogP contribution in [0, 0.1) is 0 Å². The zero-order valence-corrected chi connectivity index (χ0v) is 10.6. The zero-order chi connectivity index (χ0) is 13.1. The van der Waals surface area contributed by atoms with E-state index < -0.39 is 0 Å². The molecule has 96 valence electrons. The summed E-state index contributed by atoms with van der Waals surface area (Å²) in [6.07, 6.45) is 1.74. The lowest BCUT2D eigenvalue weighted by atomic mass is 10.2. The maximum absolute atomic E-state index is 5.73. The van der Waals surface area contributed by atoms with E-state index in [9.17, 15) is 0 Å². The second-order valence-corrected chi connectivity index (χ2v) is 4.19. The van der Waals surface area contributed by atoms with Gasteiger partial charge in [-0.25, -0.2) is 4.98 Å². The summed E-state index contributed by atoms with van der Waals surface area (Å²) in [4.78, 5) is 4.14. The highest BCUT2D eigenvalue weighted by Crippen LogP contribution is 2.20. The van der Waals surface area contributed by atoms with Crippen LogP contribution >= 0.6 is 0 Å². The van der Waals surface area contributed by atoms with Gasteiger partial charge in [0.05, 0.1) is 25.5 Å². The van der Waals surface area contributed by atoms with Gasteiger partial charge in [-0.2, -0.15) is 0 Å². The summed E-state index contributed by atoms with van der Waals surface area (Å²) >= 11 is 0. The number of anilines is 1. The summed E-state index contributed by atoms with van der Waals surface area (Å²) in [6, 6.07) is 13.8. The lowest BCUT2D eigenvalue weighted by Crippen LogP contribution is -1.98. The Morgan fingerprint density at radius 1 is 1.21 bits per heavy atom. The molecule has 1 N–H and O–H groups in total. The zero-order valence-electron chi connectivity index (χ0n) is 10.6. The second-order valence-electron chi connectivity index (χ2n) is 4.19. The molecule has 0 unspecified atom stereocenters. The third kappa shape index (κ3) is 2.52. The molecule has 0 atom stereocenters. The van der Waals surface area contributed by atoms with Gasteiger partial charge in [0.25, 0.3) is 0 Å². The minimum atomic E-state index is 0.606. The van der Waals surface area contributed by atoms with Crippen molar-refractivity contribution < 1.29 is 9.15 Å². The molecule has 2 heterocycles. The fourth-order valence-corrected chi connectivity index (χ4v) is 1.92. The minimum Gasteiger partial charge on any atom is -0.481 e. The Hall–Kier alpha value is -2.49. The minimum absolute atomic E-state index is 0.606. The van der Waals surface area contributed by atoms with Gasteiger partial charge in [0.1, 0.15) is 11.3 Å². The fraction of sp³-hybridized carbons (Fsp3) is 0.133. The molecule has 19 heavy (non-hydrogen) atoms. The highest BCUT2D eigenvalue weighted by molar-refractivity contribution is 5.77. The number of methoxy groups -OCH3 is 1. The van der Waals surface area contributed by atoms with E-state index in [1.54, 1.807) is 13.3 Å². The lowest BCUT2D eigenvalue weighted by molar-refractivity contribution is 0.398. The number of nitrogens with zero attached hydrogens (tertiary/aromatic N) is 1. The average Bonchev–Trinajstić information content (AvgIpc) is 2.88. The van der Waals surface area contributed by atoms with Crippen LogP contribution in [0.1, 0.15) is 5.76 Å². The predicted octanol–water partition coefficient (Wildman–Crippen LogP) is 3.45. The Balaban J connectivity index is 1.70. The molecule has 1 aromatic carbocycles. The number of para-hydroxylation sites is 1. The standard InChI is InChI=1S/C15H14N2O2/c1-18-15-7-6-12(9-17-15)16-10-13-8-11-4-2-3-5-14(11)19-13/h2-9,16H,10H2,1H3. The first-order chi connectivity index (χ1) is 9.35. The van der Waals surface area contributed by atoms with Gasteiger partial charge in [0, 0.05) is 11.5 Å².